The fourth-order valence-corrected chi connectivity index (χ4v) is 3.21. The summed E-state index contributed by atoms with van der Waals surface area (Å²) < 4.78 is 37.7. The van der Waals surface area contributed by atoms with Gasteiger partial charge in [0.25, 0.3) is 0 Å². The van der Waals surface area contributed by atoms with Gasteiger partial charge in [-0.3, -0.25) is 0 Å². The van der Waals surface area contributed by atoms with Gasteiger partial charge in [-0.25, -0.2) is 0 Å². The molecule has 1 nitrogen and oxygen atoms in total. The first-order valence-corrected chi connectivity index (χ1v) is 8.82. The highest BCUT2D eigenvalue weighted by molar-refractivity contribution is 5.86. The van der Waals surface area contributed by atoms with Crippen LogP contribution in [0.25, 0.3) is 10.8 Å². The van der Waals surface area contributed by atoms with Gasteiger partial charge in [0.05, 0.1) is 5.56 Å². The average molecular weight is 394 g/mol. The summed E-state index contributed by atoms with van der Waals surface area (Å²) in [5, 5.41) is 5.99. The molecule has 0 amide bonds. The number of benzene rings is 3. The van der Waals surface area contributed by atoms with Gasteiger partial charge >= 0.3 is 6.18 Å². The Morgan fingerprint density at radius 3 is 2.26 bits per heavy atom. The van der Waals surface area contributed by atoms with Crippen molar-refractivity contribution >= 4 is 23.2 Å². The van der Waals surface area contributed by atoms with E-state index >= 15 is 0 Å². The predicted molar refractivity (Wildman–Crippen MR) is 107 cm³/mol. The molecule has 0 bridgehead atoms. The molecule has 0 aliphatic heterocycles. The van der Waals surface area contributed by atoms with Gasteiger partial charge in [0.1, 0.15) is 0 Å². The van der Waals surface area contributed by atoms with Gasteiger partial charge in [-0.15, -0.1) is 12.4 Å². The molecule has 0 saturated heterocycles. The Balaban J connectivity index is 0.00000261. The van der Waals surface area contributed by atoms with Crippen molar-refractivity contribution in [3.8, 4) is 0 Å². The molecule has 0 heterocycles. The maximum absolute atomic E-state index is 12.6. The van der Waals surface area contributed by atoms with E-state index in [2.05, 4.69) is 42.6 Å². The van der Waals surface area contributed by atoms with E-state index in [9.17, 15) is 13.2 Å². The summed E-state index contributed by atoms with van der Waals surface area (Å²) in [4.78, 5) is 0. The van der Waals surface area contributed by atoms with Crippen LogP contribution in [0.1, 0.15) is 36.1 Å². The summed E-state index contributed by atoms with van der Waals surface area (Å²) in [5.74, 6) is 0. The molecule has 0 radical (unpaired) electrons. The molecule has 0 aliphatic carbocycles. The fourth-order valence-electron chi connectivity index (χ4n) is 3.21. The van der Waals surface area contributed by atoms with Crippen LogP contribution in [-0.2, 0) is 12.6 Å². The maximum Gasteiger partial charge on any atom is 0.416 e. The van der Waals surface area contributed by atoms with E-state index in [4.69, 9.17) is 0 Å². The first kappa shape index (κ1) is 21.3. The smallest absolute Gasteiger partial charge is 0.310 e. The van der Waals surface area contributed by atoms with Crippen molar-refractivity contribution in [3.05, 3.63) is 83.4 Å². The molecule has 3 aromatic rings. The van der Waals surface area contributed by atoms with Crippen LogP contribution >= 0.6 is 12.4 Å². The lowest BCUT2D eigenvalue weighted by Gasteiger charge is -2.16. The van der Waals surface area contributed by atoms with Gasteiger partial charge in [0.2, 0.25) is 0 Å². The van der Waals surface area contributed by atoms with Crippen molar-refractivity contribution in [2.24, 2.45) is 0 Å². The summed E-state index contributed by atoms with van der Waals surface area (Å²) in [5.41, 5.74) is 1.60. The van der Waals surface area contributed by atoms with E-state index in [0.29, 0.717) is 0 Å². The Labute approximate surface area is 164 Å². The highest BCUT2D eigenvalue weighted by atomic mass is 35.5. The normalized spacial score (nSPS) is 12.6. The zero-order valence-electron chi connectivity index (χ0n) is 15.1. The third-order valence-electron chi connectivity index (χ3n) is 4.66. The minimum atomic E-state index is -4.27. The van der Waals surface area contributed by atoms with Crippen LogP contribution in [0.4, 0.5) is 13.2 Å². The Kier molecular flexibility index (Phi) is 7.28. The minimum absolute atomic E-state index is 0. The largest absolute Gasteiger partial charge is 0.416 e. The van der Waals surface area contributed by atoms with Gasteiger partial charge < -0.3 is 5.32 Å². The van der Waals surface area contributed by atoms with Crippen molar-refractivity contribution in [1.82, 2.24) is 5.32 Å². The summed E-state index contributed by atoms with van der Waals surface area (Å²) >= 11 is 0. The maximum atomic E-state index is 12.6. The lowest BCUT2D eigenvalue weighted by molar-refractivity contribution is -0.137. The van der Waals surface area contributed by atoms with Crippen LogP contribution in [-0.4, -0.2) is 6.54 Å². The minimum Gasteiger partial charge on any atom is -0.310 e. The molecule has 0 unspecified atom stereocenters. The van der Waals surface area contributed by atoms with Crippen LogP contribution in [0.3, 0.4) is 0 Å². The number of halogens is 4. The van der Waals surface area contributed by atoms with Crippen LogP contribution in [0.5, 0.6) is 0 Å². The Hall–Kier alpha value is -2.04. The standard InChI is InChI=1S/C22H22F3N.ClH/c1-16(20-10-4-8-18-7-2-3-9-21(18)20)26-15-5-6-17-11-13-19(14-12-17)22(23,24)25;/h2-4,7-14,16,26H,5-6,15H2,1H3;1H/t16-;/m0./s1. The van der Waals surface area contributed by atoms with Crippen molar-refractivity contribution in [3.63, 3.8) is 0 Å². The monoisotopic (exact) mass is 393 g/mol. The lowest BCUT2D eigenvalue weighted by Crippen LogP contribution is -2.20. The molecule has 27 heavy (non-hydrogen) atoms. The zero-order chi connectivity index (χ0) is 18.6. The van der Waals surface area contributed by atoms with E-state index in [1.807, 2.05) is 12.1 Å². The molecule has 3 aromatic carbocycles. The van der Waals surface area contributed by atoms with Crippen molar-refractivity contribution in [2.45, 2.75) is 32.0 Å². The number of alkyl halides is 3. The molecule has 0 aliphatic rings. The molecule has 3 rings (SSSR count). The average Bonchev–Trinajstić information content (AvgIpc) is 2.64. The van der Waals surface area contributed by atoms with Gasteiger partial charge in [-0.1, -0.05) is 54.6 Å². The van der Waals surface area contributed by atoms with Gasteiger partial charge in [-0.2, -0.15) is 13.2 Å². The van der Waals surface area contributed by atoms with E-state index in [1.54, 1.807) is 12.1 Å². The van der Waals surface area contributed by atoms with E-state index in [-0.39, 0.29) is 18.4 Å². The quantitative estimate of drug-likeness (QED) is 0.467. The lowest BCUT2D eigenvalue weighted by atomic mass is 9.99. The predicted octanol–water partition coefficient (Wildman–Crippen LogP) is 6.56. The molecule has 0 aromatic heterocycles. The number of aryl methyl sites for hydroxylation is 1. The number of fused-ring (bicyclic) bond motifs is 1. The van der Waals surface area contributed by atoms with Gasteiger partial charge in [-0.05, 0) is 60.3 Å². The highest BCUT2D eigenvalue weighted by Crippen LogP contribution is 2.29. The van der Waals surface area contributed by atoms with Gasteiger partial charge in [0, 0.05) is 6.04 Å². The first-order chi connectivity index (χ1) is 12.4. The topological polar surface area (TPSA) is 12.0 Å². The summed E-state index contributed by atoms with van der Waals surface area (Å²) in [7, 11) is 0. The summed E-state index contributed by atoms with van der Waals surface area (Å²) in [6.45, 7) is 2.95. The number of hydrogen-bond donors (Lipinski definition) is 1. The molecular formula is C22H23ClF3N. The number of rotatable bonds is 6. The van der Waals surface area contributed by atoms with E-state index in [0.717, 1.165) is 37.1 Å². The van der Waals surface area contributed by atoms with E-state index in [1.165, 1.54) is 16.3 Å². The third-order valence-corrected chi connectivity index (χ3v) is 4.66. The Morgan fingerprint density at radius 1 is 0.889 bits per heavy atom. The van der Waals surface area contributed by atoms with Crippen molar-refractivity contribution < 1.29 is 13.2 Å². The van der Waals surface area contributed by atoms with Crippen LogP contribution in [0, 0.1) is 0 Å². The van der Waals surface area contributed by atoms with E-state index < -0.39 is 11.7 Å². The Bertz CT molecular complexity index is 854. The second-order valence-corrected chi connectivity index (χ2v) is 6.54. The molecule has 5 heteroatoms. The Morgan fingerprint density at radius 2 is 1.56 bits per heavy atom. The van der Waals surface area contributed by atoms with Crippen molar-refractivity contribution in [2.75, 3.05) is 6.54 Å². The second-order valence-electron chi connectivity index (χ2n) is 6.54. The molecule has 0 saturated carbocycles. The number of nitrogens with one attached hydrogen (secondary N) is 1. The summed E-state index contributed by atoms with van der Waals surface area (Å²) in [6, 6.07) is 20.3. The zero-order valence-corrected chi connectivity index (χ0v) is 15.9. The second kappa shape index (κ2) is 9.25. The third kappa shape index (κ3) is 5.47. The first-order valence-electron chi connectivity index (χ1n) is 8.82. The molecule has 0 spiro atoms. The summed E-state index contributed by atoms with van der Waals surface area (Å²) in [6.07, 6.45) is -2.64. The fraction of sp³-hybridized carbons (Fsp3) is 0.273. The van der Waals surface area contributed by atoms with Crippen LogP contribution < -0.4 is 5.32 Å². The molecule has 144 valence electrons. The van der Waals surface area contributed by atoms with Crippen molar-refractivity contribution in [1.29, 1.82) is 0 Å². The van der Waals surface area contributed by atoms with Gasteiger partial charge in [0.15, 0.2) is 0 Å². The molecule has 0 fully saturated rings. The number of hydrogen-bond acceptors (Lipinski definition) is 1. The van der Waals surface area contributed by atoms with Crippen LogP contribution in [0.15, 0.2) is 66.7 Å². The molecular weight excluding hydrogens is 371 g/mol. The van der Waals surface area contributed by atoms with Crippen LogP contribution in [0.2, 0.25) is 0 Å². The highest BCUT2D eigenvalue weighted by Gasteiger charge is 2.29. The SMILES string of the molecule is C[C@H](NCCCc1ccc(C(F)(F)F)cc1)c1cccc2ccccc12.Cl. The molecule has 1 N–H and O–H groups in total. The molecule has 1 atom stereocenters.